The van der Waals surface area contributed by atoms with Crippen molar-refractivity contribution in [2.24, 2.45) is 28.1 Å². The maximum Gasteiger partial charge on any atom is 0.315 e. The first-order valence-corrected chi connectivity index (χ1v) is 20.0. The van der Waals surface area contributed by atoms with Crippen molar-refractivity contribution in [3.8, 4) is 5.75 Å². The van der Waals surface area contributed by atoms with E-state index in [1.165, 1.54) is 11.9 Å². The molecule has 1 aliphatic heterocycles. The van der Waals surface area contributed by atoms with Gasteiger partial charge in [0.05, 0.1) is 12.9 Å². The Morgan fingerprint density at radius 2 is 1.64 bits per heavy atom. The van der Waals surface area contributed by atoms with E-state index in [0.717, 1.165) is 16.1 Å². The predicted molar refractivity (Wildman–Crippen MR) is 199 cm³/mol. The van der Waals surface area contributed by atoms with Gasteiger partial charge in [0.15, 0.2) is 0 Å². The van der Waals surface area contributed by atoms with E-state index < -0.39 is 81.6 Å². The van der Waals surface area contributed by atoms with Crippen LogP contribution in [0.25, 0.3) is 0 Å². The van der Waals surface area contributed by atoms with Crippen molar-refractivity contribution >= 4 is 33.8 Å². The molecule has 0 aromatic heterocycles. The van der Waals surface area contributed by atoms with Crippen LogP contribution < -0.4 is 26.0 Å². The number of urea groups is 1. The van der Waals surface area contributed by atoms with Gasteiger partial charge >= 0.3 is 6.03 Å². The van der Waals surface area contributed by atoms with Crippen LogP contribution in [0.4, 0.5) is 13.6 Å². The number of nitrogens with zero attached hydrogens (tertiary/aromatic N) is 2. The summed E-state index contributed by atoms with van der Waals surface area (Å²) in [5.41, 5.74) is -0.882. The topological polar surface area (TPSA) is 166 Å². The number of halogens is 2. The van der Waals surface area contributed by atoms with Crippen molar-refractivity contribution in [2.75, 3.05) is 39.5 Å². The van der Waals surface area contributed by atoms with Crippen molar-refractivity contribution in [2.45, 2.75) is 106 Å². The minimum absolute atomic E-state index is 0.00930. The Hall–Kier alpha value is -3.53. The molecule has 1 aromatic rings. The molecule has 0 radical (unpaired) electrons. The molecule has 1 heterocycles. The third kappa shape index (κ3) is 11.2. The van der Waals surface area contributed by atoms with Crippen molar-refractivity contribution in [3.63, 3.8) is 0 Å². The lowest BCUT2D eigenvalue weighted by atomic mass is 9.85. The number of ether oxygens (including phenoxy) is 1. The van der Waals surface area contributed by atoms with Crippen molar-refractivity contribution in [3.05, 3.63) is 29.8 Å². The number of amides is 5. The first-order chi connectivity index (χ1) is 24.3. The zero-order valence-electron chi connectivity index (χ0n) is 33.0. The summed E-state index contributed by atoms with van der Waals surface area (Å²) in [5.74, 6) is -1.70. The van der Waals surface area contributed by atoms with Crippen LogP contribution in [0, 0.1) is 28.1 Å². The lowest BCUT2D eigenvalue weighted by Gasteiger charge is -2.39. The maximum atomic E-state index is 14.4. The van der Waals surface area contributed by atoms with Crippen molar-refractivity contribution in [1.29, 1.82) is 0 Å². The van der Waals surface area contributed by atoms with Gasteiger partial charge in [-0.1, -0.05) is 73.6 Å². The standard InChI is InChI=1S/C37H60F2N6O7S/c1-12-52-25-16-14-13-15-22(25)17-18-40-31(46)24(19-27(38)39)41-32(47)29-28-23(37(28,8)9)20-45(29)33(48)30(36(5,6)7)43-34(49)42-26(35(2,3)4)21-44(10)53(11,50)51/h13-16,23-24,26-30H,12,17-21H2,1-11H3,(H,40,46)(H,41,47)(H2,42,43,49)/t23-,24-,26+,28-,29-,30+/m0/s1. The van der Waals surface area contributed by atoms with Gasteiger partial charge in [0, 0.05) is 39.1 Å². The smallest absolute Gasteiger partial charge is 0.315 e. The summed E-state index contributed by atoms with van der Waals surface area (Å²) < 4.78 is 58.6. The lowest BCUT2D eigenvalue weighted by molar-refractivity contribution is -0.144. The highest BCUT2D eigenvalue weighted by molar-refractivity contribution is 7.88. The number of para-hydroxylation sites is 1. The van der Waals surface area contributed by atoms with Crippen LogP contribution in [0.5, 0.6) is 5.75 Å². The fourth-order valence-corrected chi connectivity index (χ4v) is 7.42. The van der Waals surface area contributed by atoms with E-state index in [4.69, 9.17) is 4.74 Å². The van der Waals surface area contributed by atoms with E-state index in [9.17, 15) is 36.4 Å². The van der Waals surface area contributed by atoms with E-state index in [1.54, 1.807) is 26.8 Å². The third-order valence-electron chi connectivity index (χ3n) is 10.5. The number of likely N-dealkylation sites (N-methyl/N-ethyl adjacent to an activating group) is 1. The van der Waals surface area contributed by atoms with Crippen LogP contribution >= 0.6 is 0 Å². The molecule has 5 amide bonds. The van der Waals surface area contributed by atoms with Gasteiger partial charge in [-0.3, -0.25) is 14.4 Å². The number of hydrogen-bond donors (Lipinski definition) is 4. The minimum atomic E-state index is -3.54. The normalized spacial score (nSPS) is 21.3. The van der Waals surface area contributed by atoms with Gasteiger partial charge in [-0.15, -0.1) is 0 Å². The van der Waals surface area contributed by atoms with Crippen LogP contribution in [-0.4, -0.2) is 112 Å². The van der Waals surface area contributed by atoms with Gasteiger partial charge < -0.3 is 30.9 Å². The van der Waals surface area contributed by atoms with E-state index >= 15 is 0 Å². The maximum absolute atomic E-state index is 14.4. The van der Waals surface area contributed by atoms with Gasteiger partial charge in [0.2, 0.25) is 34.2 Å². The molecule has 0 unspecified atom stereocenters. The second-order valence-corrected chi connectivity index (χ2v) is 19.1. The Kier molecular flexibility index (Phi) is 14.0. The number of hydrogen-bond acceptors (Lipinski definition) is 7. The van der Waals surface area contributed by atoms with Gasteiger partial charge in [-0.05, 0) is 53.1 Å². The highest BCUT2D eigenvalue weighted by Crippen LogP contribution is 2.65. The fourth-order valence-electron chi connectivity index (χ4n) is 7.00. The van der Waals surface area contributed by atoms with Gasteiger partial charge in [-0.2, -0.15) is 0 Å². The van der Waals surface area contributed by atoms with Crippen molar-refractivity contribution < 1.29 is 41.1 Å². The highest BCUT2D eigenvalue weighted by atomic mass is 32.2. The zero-order chi connectivity index (χ0) is 40.3. The molecule has 0 spiro atoms. The van der Waals surface area contributed by atoms with Crippen LogP contribution in [0.2, 0.25) is 0 Å². The fraction of sp³-hybridized carbons (Fsp3) is 0.730. The molecular weight excluding hydrogens is 711 g/mol. The second kappa shape index (κ2) is 16.9. The number of alkyl halides is 2. The average molecular weight is 771 g/mol. The molecule has 53 heavy (non-hydrogen) atoms. The molecule has 2 aliphatic rings. The summed E-state index contributed by atoms with van der Waals surface area (Å²) in [6.45, 7) is 17.4. The van der Waals surface area contributed by atoms with E-state index in [-0.39, 0.29) is 36.9 Å². The first-order valence-electron chi connectivity index (χ1n) is 18.2. The van der Waals surface area contributed by atoms with Crippen LogP contribution in [0.1, 0.15) is 74.3 Å². The molecule has 16 heteroatoms. The molecule has 3 rings (SSSR count). The summed E-state index contributed by atoms with van der Waals surface area (Å²) in [6, 6.07) is 2.25. The molecule has 1 saturated heterocycles. The minimum Gasteiger partial charge on any atom is -0.494 e. The number of benzene rings is 1. The Morgan fingerprint density at radius 3 is 2.19 bits per heavy atom. The summed E-state index contributed by atoms with van der Waals surface area (Å²) >= 11 is 0. The Morgan fingerprint density at radius 1 is 1.02 bits per heavy atom. The highest BCUT2D eigenvalue weighted by Gasteiger charge is 2.70. The summed E-state index contributed by atoms with van der Waals surface area (Å²) in [4.78, 5) is 56.5. The van der Waals surface area contributed by atoms with E-state index in [0.29, 0.717) is 18.8 Å². The molecule has 0 bridgehead atoms. The second-order valence-electron chi connectivity index (χ2n) is 17.0. The predicted octanol–water partition coefficient (Wildman–Crippen LogP) is 3.39. The number of nitrogens with one attached hydrogen (secondary N) is 4. The zero-order valence-corrected chi connectivity index (χ0v) is 33.8. The van der Waals surface area contributed by atoms with Gasteiger partial charge in [0.25, 0.3) is 0 Å². The Bertz CT molecular complexity index is 1590. The monoisotopic (exact) mass is 770 g/mol. The number of sulfonamides is 1. The third-order valence-corrected chi connectivity index (χ3v) is 11.8. The van der Waals surface area contributed by atoms with E-state index in [2.05, 4.69) is 21.3 Å². The number of carbonyl (C=O) groups excluding carboxylic acids is 4. The first kappa shape index (κ1) is 43.9. The number of rotatable bonds is 16. The molecule has 13 nitrogen and oxygen atoms in total. The van der Waals surface area contributed by atoms with Crippen molar-refractivity contribution in [1.82, 2.24) is 30.5 Å². The van der Waals surface area contributed by atoms with Crippen LogP contribution in [-0.2, 0) is 30.8 Å². The molecular formula is C37H60F2N6O7S. The summed E-state index contributed by atoms with van der Waals surface area (Å²) in [5, 5.41) is 10.8. The number of carbonyl (C=O) groups is 4. The molecule has 6 atom stereocenters. The number of fused-ring (bicyclic) bond motifs is 1. The molecule has 4 N–H and O–H groups in total. The van der Waals surface area contributed by atoms with Crippen LogP contribution in [0.15, 0.2) is 24.3 Å². The van der Waals surface area contributed by atoms with E-state index in [1.807, 2.05) is 59.7 Å². The molecule has 1 aliphatic carbocycles. The Labute approximate surface area is 313 Å². The van der Waals surface area contributed by atoms with Gasteiger partial charge in [0.1, 0.15) is 23.9 Å². The summed E-state index contributed by atoms with van der Waals surface area (Å²) in [7, 11) is -2.12. The van der Waals surface area contributed by atoms with Gasteiger partial charge in [-0.25, -0.2) is 26.3 Å². The lowest BCUT2D eigenvalue weighted by Crippen LogP contribution is -2.62. The van der Waals surface area contributed by atoms with Crippen LogP contribution in [0.3, 0.4) is 0 Å². The number of piperidine rings is 1. The molecule has 1 aromatic carbocycles. The summed E-state index contributed by atoms with van der Waals surface area (Å²) in [6.07, 6.45) is -2.36. The molecule has 1 saturated carbocycles. The average Bonchev–Trinajstić information content (AvgIpc) is 3.33. The molecule has 300 valence electrons. The largest absolute Gasteiger partial charge is 0.494 e. The molecule has 2 fully saturated rings. The number of likely N-dealkylation sites (tertiary alicyclic amines) is 1. The quantitative estimate of drug-likeness (QED) is 0.200. The Balaban J connectivity index is 1.80. The SMILES string of the molecule is CCOc1ccccc1CCNC(=O)[C@H](CC(F)F)NC(=O)[C@@H]1[C@@H]2[C@H](CN1C(=O)[C@@H](NC(=O)N[C@H](CN(C)S(C)(=O)=O)C(C)(C)C)C(C)(C)C)C2(C)C.